The molecule has 3 aromatic carbocycles. The van der Waals surface area contributed by atoms with E-state index in [1.807, 2.05) is 31.2 Å². The molecule has 0 aliphatic heterocycles. The second kappa shape index (κ2) is 14.0. The summed E-state index contributed by atoms with van der Waals surface area (Å²) in [6.07, 6.45) is 5.51. The molecule has 1 N–H and O–H groups in total. The average molecular weight is 620 g/mol. The van der Waals surface area contributed by atoms with Crippen LogP contribution in [0.15, 0.2) is 71.6 Å². The third kappa shape index (κ3) is 7.44. The Balaban J connectivity index is 0.000000339. The molecule has 2 aliphatic carbocycles. The van der Waals surface area contributed by atoms with E-state index < -0.39 is 10.1 Å². The zero-order valence-electron chi connectivity index (χ0n) is 27.3. The molecular formula is C37H49NO5S. The van der Waals surface area contributed by atoms with E-state index >= 15 is 0 Å². The van der Waals surface area contributed by atoms with Gasteiger partial charge in [0.2, 0.25) is 0 Å². The fourth-order valence-electron chi connectivity index (χ4n) is 7.24. The van der Waals surface area contributed by atoms with Crippen molar-refractivity contribution in [2.45, 2.75) is 89.0 Å². The molecular weight excluding hydrogens is 570 g/mol. The minimum atomic E-state index is -4.02. The molecule has 238 valence electrons. The van der Waals surface area contributed by atoms with Gasteiger partial charge in [0.05, 0.1) is 12.0 Å². The van der Waals surface area contributed by atoms with Crippen LogP contribution in [0.4, 0.5) is 0 Å². The summed E-state index contributed by atoms with van der Waals surface area (Å²) < 4.78 is 34.8. The van der Waals surface area contributed by atoms with Crippen LogP contribution in [0.2, 0.25) is 0 Å². The zero-order chi connectivity index (χ0) is 32.2. The number of rotatable bonds is 8. The molecule has 1 saturated carbocycles. The summed E-state index contributed by atoms with van der Waals surface area (Å²) in [6, 6.07) is 20.8. The van der Waals surface area contributed by atoms with Crippen molar-refractivity contribution in [1.82, 2.24) is 4.90 Å². The number of nitrogens with zero attached hydrogens (tertiary/aromatic N) is 1. The average Bonchev–Trinajstić information content (AvgIpc) is 3.01. The van der Waals surface area contributed by atoms with Crippen molar-refractivity contribution in [3.05, 3.63) is 94.5 Å². The highest BCUT2D eigenvalue weighted by Crippen LogP contribution is 2.53. The minimum Gasteiger partial charge on any atom is -0.497 e. The summed E-state index contributed by atoms with van der Waals surface area (Å²) >= 11 is 0. The molecule has 1 fully saturated rings. The molecule has 4 unspecified atom stereocenters. The number of methoxy groups -OCH3 is 1. The first kappa shape index (κ1) is 33.9. The van der Waals surface area contributed by atoms with E-state index in [0.717, 1.165) is 23.4 Å². The summed E-state index contributed by atoms with van der Waals surface area (Å²) in [5, 5.41) is 0. The molecule has 0 bridgehead atoms. The first-order chi connectivity index (χ1) is 20.7. The Morgan fingerprint density at radius 2 is 1.68 bits per heavy atom. The summed E-state index contributed by atoms with van der Waals surface area (Å²) in [4.78, 5) is 15.3. The first-order valence-corrected chi connectivity index (χ1v) is 17.2. The van der Waals surface area contributed by atoms with Gasteiger partial charge in [-0.15, -0.1) is 0 Å². The highest BCUT2D eigenvalue weighted by atomic mass is 32.2. The predicted molar refractivity (Wildman–Crippen MR) is 177 cm³/mol. The number of ether oxygens (including phenoxy) is 1. The van der Waals surface area contributed by atoms with Crippen LogP contribution < -0.4 is 4.74 Å². The van der Waals surface area contributed by atoms with Gasteiger partial charge in [-0.1, -0.05) is 56.7 Å². The first-order valence-electron chi connectivity index (χ1n) is 15.8. The van der Waals surface area contributed by atoms with Crippen molar-refractivity contribution in [2.24, 2.45) is 11.8 Å². The number of Topliss-reactive ketones (excluding diaryl/α,β-unsaturated/α-hetero) is 1. The Labute approximate surface area is 264 Å². The van der Waals surface area contributed by atoms with Crippen LogP contribution in [-0.2, 0) is 16.5 Å². The van der Waals surface area contributed by atoms with E-state index in [4.69, 9.17) is 9.29 Å². The maximum atomic E-state index is 12.9. The third-order valence-corrected chi connectivity index (χ3v) is 11.2. The van der Waals surface area contributed by atoms with Gasteiger partial charge in [0, 0.05) is 24.1 Å². The van der Waals surface area contributed by atoms with Crippen molar-refractivity contribution in [3.8, 4) is 5.75 Å². The van der Waals surface area contributed by atoms with E-state index in [-0.39, 0.29) is 16.2 Å². The molecule has 0 amide bonds. The number of benzene rings is 3. The molecule has 3 aromatic rings. The number of hydrogen-bond donors (Lipinski definition) is 1. The van der Waals surface area contributed by atoms with E-state index in [1.165, 1.54) is 43.4 Å². The van der Waals surface area contributed by atoms with Crippen LogP contribution in [0.3, 0.4) is 0 Å². The Hall–Kier alpha value is -3.00. The Kier molecular flexibility index (Phi) is 10.8. The summed E-state index contributed by atoms with van der Waals surface area (Å²) in [7, 11) is -0.121. The Bertz CT molecular complexity index is 1530. The predicted octanol–water partition coefficient (Wildman–Crippen LogP) is 8.10. The summed E-state index contributed by atoms with van der Waals surface area (Å²) in [5.41, 5.74) is 6.48. The van der Waals surface area contributed by atoms with Crippen LogP contribution in [0.1, 0.15) is 97.8 Å². The second-order valence-corrected chi connectivity index (χ2v) is 14.6. The molecule has 0 aromatic heterocycles. The lowest BCUT2D eigenvalue weighted by molar-refractivity contribution is -0.0284. The number of fused-ring (bicyclic) bond motifs is 3. The standard InChI is InChI=1S/C30H41NO2.C7H8O3S/c1-20(2)23-10-15-26-24(19-23)11-16-28-27(26)14-7-21(3)30(28,4)31(5)18-17-29(32)22-8-12-25(33-6)13-9-22;1-6-2-4-7(5-3-6)11(8,9)10/h8-10,12-13,15,19-21,27-28H,7,11,14,16-18H2,1-6H3;2-5H,1H3,(H,8,9,10). The summed E-state index contributed by atoms with van der Waals surface area (Å²) in [6.45, 7) is 12.1. The molecule has 0 spiro atoms. The van der Waals surface area contributed by atoms with Crippen LogP contribution in [0, 0.1) is 18.8 Å². The lowest BCUT2D eigenvalue weighted by Crippen LogP contribution is -2.59. The van der Waals surface area contributed by atoms with E-state index in [1.54, 1.807) is 30.4 Å². The van der Waals surface area contributed by atoms with Crippen molar-refractivity contribution in [2.75, 3.05) is 20.7 Å². The van der Waals surface area contributed by atoms with Crippen LogP contribution >= 0.6 is 0 Å². The summed E-state index contributed by atoms with van der Waals surface area (Å²) in [5.74, 6) is 3.48. The number of aryl methyl sites for hydroxylation is 2. The minimum absolute atomic E-state index is 0.0666. The van der Waals surface area contributed by atoms with Crippen molar-refractivity contribution in [3.63, 3.8) is 0 Å². The number of ketones is 1. The SMILES string of the molecule is COc1ccc(C(=O)CCN(C)C2(C)C(C)CCC3c4ccc(C(C)C)cc4CCC32)cc1.Cc1ccc(S(=O)(=O)O)cc1. The zero-order valence-corrected chi connectivity index (χ0v) is 28.2. The maximum Gasteiger partial charge on any atom is 0.294 e. The van der Waals surface area contributed by atoms with Crippen LogP contribution in [0.5, 0.6) is 5.75 Å². The molecule has 7 heteroatoms. The van der Waals surface area contributed by atoms with Crippen molar-refractivity contribution >= 4 is 15.9 Å². The molecule has 0 saturated heterocycles. The second-order valence-electron chi connectivity index (χ2n) is 13.2. The Morgan fingerprint density at radius 1 is 1.02 bits per heavy atom. The molecule has 4 atom stereocenters. The van der Waals surface area contributed by atoms with E-state index in [9.17, 15) is 13.2 Å². The molecule has 5 rings (SSSR count). The van der Waals surface area contributed by atoms with Crippen LogP contribution in [-0.4, -0.2) is 49.9 Å². The fraction of sp³-hybridized carbons (Fsp3) is 0.486. The largest absolute Gasteiger partial charge is 0.497 e. The Morgan fingerprint density at radius 3 is 2.27 bits per heavy atom. The lowest BCUT2D eigenvalue weighted by atomic mass is 9.56. The number of carbonyl (C=O) groups excluding carboxylic acids is 1. The van der Waals surface area contributed by atoms with Crippen LogP contribution in [0.25, 0.3) is 0 Å². The van der Waals surface area contributed by atoms with Gasteiger partial charge in [-0.2, -0.15) is 8.42 Å². The smallest absolute Gasteiger partial charge is 0.294 e. The highest BCUT2D eigenvalue weighted by molar-refractivity contribution is 7.85. The van der Waals surface area contributed by atoms with E-state index in [0.29, 0.717) is 30.1 Å². The lowest BCUT2D eigenvalue weighted by Gasteiger charge is -2.57. The fourth-order valence-corrected chi connectivity index (χ4v) is 7.72. The van der Waals surface area contributed by atoms with Gasteiger partial charge in [-0.05, 0) is 123 Å². The molecule has 6 nitrogen and oxygen atoms in total. The molecule has 44 heavy (non-hydrogen) atoms. The highest BCUT2D eigenvalue weighted by Gasteiger charge is 2.50. The van der Waals surface area contributed by atoms with Gasteiger partial charge in [-0.3, -0.25) is 14.2 Å². The van der Waals surface area contributed by atoms with Gasteiger partial charge in [0.25, 0.3) is 10.1 Å². The van der Waals surface area contributed by atoms with E-state index in [2.05, 4.69) is 57.8 Å². The maximum absolute atomic E-state index is 12.9. The molecule has 2 aliphatic rings. The number of carbonyl (C=O) groups is 1. The van der Waals surface area contributed by atoms with Gasteiger partial charge in [-0.25, -0.2) is 0 Å². The monoisotopic (exact) mass is 619 g/mol. The van der Waals surface area contributed by atoms with Gasteiger partial charge in [0.1, 0.15) is 5.75 Å². The normalized spacial score (nSPS) is 22.9. The molecule has 0 heterocycles. The van der Waals surface area contributed by atoms with Gasteiger partial charge < -0.3 is 4.74 Å². The molecule has 0 radical (unpaired) electrons. The van der Waals surface area contributed by atoms with Crippen molar-refractivity contribution in [1.29, 1.82) is 0 Å². The number of hydrogen-bond acceptors (Lipinski definition) is 5. The van der Waals surface area contributed by atoms with Gasteiger partial charge >= 0.3 is 0 Å². The van der Waals surface area contributed by atoms with Gasteiger partial charge in [0.15, 0.2) is 5.78 Å². The topological polar surface area (TPSA) is 83.9 Å². The quantitative estimate of drug-likeness (QED) is 0.203. The third-order valence-electron chi connectivity index (χ3n) is 10.3. The van der Waals surface area contributed by atoms with Crippen molar-refractivity contribution < 1.29 is 22.5 Å².